The van der Waals surface area contributed by atoms with Gasteiger partial charge in [0, 0.05) is 0 Å². The van der Waals surface area contributed by atoms with Crippen LogP contribution in [0.1, 0.15) is 78.1 Å². The molecule has 110 valence electrons. The summed E-state index contributed by atoms with van der Waals surface area (Å²) in [4.78, 5) is 0. The van der Waals surface area contributed by atoms with Crippen molar-refractivity contribution in [3.8, 4) is 0 Å². The molecular formula is C16H36N2. The van der Waals surface area contributed by atoms with Gasteiger partial charge in [-0.2, -0.15) is 0 Å². The molecule has 0 amide bonds. The molecule has 0 aromatic carbocycles. The first-order valence-electron chi connectivity index (χ1n) is 8.18. The number of hydrogen-bond donors (Lipinski definition) is 2. The average Bonchev–Trinajstić information content (AvgIpc) is 2.34. The third-order valence-electron chi connectivity index (χ3n) is 3.36. The van der Waals surface area contributed by atoms with Crippen LogP contribution in [0.5, 0.6) is 0 Å². The largest absolute Gasteiger partial charge is 0.330 e. The molecule has 0 heterocycles. The minimum absolute atomic E-state index is 0.782. The van der Waals surface area contributed by atoms with Gasteiger partial charge in [-0.05, 0) is 38.4 Å². The van der Waals surface area contributed by atoms with E-state index in [1.165, 1.54) is 77.3 Å². The van der Waals surface area contributed by atoms with Crippen molar-refractivity contribution >= 4 is 0 Å². The topological polar surface area (TPSA) is 38.0 Å². The molecule has 0 aliphatic carbocycles. The van der Waals surface area contributed by atoms with Crippen molar-refractivity contribution in [2.24, 2.45) is 11.7 Å². The second-order valence-corrected chi connectivity index (χ2v) is 5.92. The predicted octanol–water partition coefficient (Wildman–Crippen LogP) is 4.09. The molecule has 2 nitrogen and oxygen atoms in total. The van der Waals surface area contributed by atoms with Crippen LogP contribution < -0.4 is 11.1 Å². The van der Waals surface area contributed by atoms with Crippen LogP contribution in [0.15, 0.2) is 0 Å². The van der Waals surface area contributed by atoms with E-state index in [4.69, 9.17) is 5.73 Å². The zero-order valence-corrected chi connectivity index (χ0v) is 12.8. The summed E-state index contributed by atoms with van der Waals surface area (Å²) in [5.41, 5.74) is 5.47. The van der Waals surface area contributed by atoms with Crippen LogP contribution in [0.4, 0.5) is 0 Å². The highest BCUT2D eigenvalue weighted by Crippen LogP contribution is 2.10. The van der Waals surface area contributed by atoms with E-state index in [0.29, 0.717) is 0 Å². The van der Waals surface area contributed by atoms with E-state index in [-0.39, 0.29) is 0 Å². The van der Waals surface area contributed by atoms with E-state index >= 15 is 0 Å². The highest BCUT2D eigenvalue weighted by molar-refractivity contribution is 4.53. The molecule has 0 saturated carbocycles. The molecule has 18 heavy (non-hydrogen) atoms. The van der Waals surface area contributed by atoms with Crippen LogP contribution in [0.25, 0.3) is 0 Å². The molecule has 0 bridgehead atoms. The molecule has 0 atom stereocenters. The van der Waals surface area contributed by atoms with E-state index in [0.717, 1.165) is 12.5 Å². The van der Waals surface area contributed by atoms with Gasteiger partial charge in [0.2, 0.25) is 0 Å². The summed E-state index contributed by atoms with van der Waals surface area (Å²) in [6.07, 6.45) is 13.8. The Balaban J connectivity index is 2.90. The smallest absolute Gasteiger partial charge is 0.00258 e. The van der Waals surface area contributed by atoms with Crippen molar-refractivity contribution in [2.75, 3.05) is 19.6 Å². The van der Waals surface area contributed by atoms with Crippen molar-refractivity contribution in [3.63, 3.8) is 0 Å². The Labute approximate surface area is 115 Å². The lowest BCUT2D eigenvalue weighted by molar-refractivity contribution is 0.515. The number of rotatable bonds is 14. The maximum atomic E-state index is 5.47. The van der Waals surface area contributed by atoms with Gasteiger partial charge in [-0.15, -0.1) is 0 Å². The van der Waals surface area contributed by atoms with Crippen LogP contribution >= 0.6 is 0 Å². The normalized spacial score (nSPS) is 11.3. The average molecular weight is 256 g/mol. The molecule has 3 N–H and O–H groups in total. The molecule has 0 aliphatic heterocycles. The van der Waals surface area contributed by atoms with Crippen LogP contribution in [0.3, 0.4) is 0 Å². The number of hydrogen-bond acceptors (Lipinski definition) is 2. The van der Waals surface area contributed by atoms with E-state index in [1.54, 1.807) is 0 Å². The van der Waals surface area contributed by atoms with E-state index in [2.05, 4.69) is 19.2 Å². The lowest BCUT2D eigenvalue weighted by atomic mass is 10.1. The summed E-state index contributed by atoms with van der Waals surface area (Å²) >= 11 is 0. The molecule has 0 aromatic rings. The summed E-state index contributed by atoms with van der Waals surface area (Å²) in [5, 5.41) is 3.51. The highest BCUT2D eigenvalue weighted by atomic mass is 14.8. The summed E-state index contributed by atoms with van der Waals surface area (Å²) in [6.45, 7) is 7.77. The highest BCUT2D eigenvalue weighted by Gasteiger charge is 1.94. The Hall–Kier alpha value is -0.0800. The Morgan fingerprint density at radius 1 is 0.722 bits per heavy atom. The first-order valence-corrected chi connectivity index (χ1v) is 8.18. The van der Waals surface area contributed by atoms with Crippen molar-refractivity contribution in [1.29, 1.82) is 0 Å². The Kier molecular flexibility index (Phi) is 14.9. The Morgan fingerprint density at radius 2 is 1.17 bits per heavy atom. The van der Waals surface area contributed by atoms with Gasteiger partial charge < -0.3 is 11.1 Å². The minimum Gasteiger partial charge on any atom is -0.330 e. The van der Waals surface area contributed by atoms with Crippen LogP contribution in [-0.2, 0) is 0 Å². The van der Waals surface area contributed by atoms with E-state index in [1.807, 2.05) is 0 Å². The molecule has 0 aromatic heterocycles. The molecule has 0 saturated heterocycles. The van der Waals surface area contributed by atoms with Gasteiger partial charge in [0.15, 0.2) is 0 Å². The summed E-state index contributed by atoms with van der Waals surface area (Å²) < 4.78 is 0. The number of nitrogens with one attached hydrogen (secondary N) is 1. The van der Waals surface area contributed by atoms with Crippen molar-refractivity contribution < 1.29 is 0 Å². The van der Waals surface area contributed by atoms with Gasteiger partial charge in [0.05, 0.1) is 0 Å². The third-order valence-corrected chi connectivity index (χ3v) is 3.36. The van der Waals surface area contributed by atoms with Gasteiger partial charge in [0.1, 0.15) is 0 Å². The number of unbranched alkanes of at least 4 members (excludes halogenated alkanes) is 9. The van der Waals surface area contributed by atoms with Gasteiger partial charge in [-0.3, -0.25) is 0 Å². The van der Waals surface area contributed by atoms with Crippen molar-refractivity contribution in [3.05, 3.63) is 0 Å². The fourth-order valence-electron chi connectivity index (χ4n) is 2.20. The maximum absolute atomic E-state index is 5.47. The molecule has 0 unspecified atom stereocenters. The zero-order valence-electron chi connectivity index (χ0n) is 12.8. The fourth-order valence-corrected chi connectivity index (χ4v) is 2.20. The van der Waals surface area contributed by atoms with Crippen LogP contribution in [0, 0.1) is 5.92 Å². The Bertz CT molecular complexity index is 146. The van der Waals surface area contributed by atoms with Gasteiger partial charge in [0.25, 0.3) is 0 Å². The molecule has 0 spiro atoms. The standard InChI is InChI=1S/C16H36N2/c1-16(2)15-18-14-12-10-8-6-4-3-5-7-9-11-13-17/h16,18H,3-15,17H2,1-2H3. The lowest BCUT2D eigenvalue weighted by Crippen LogP contribution is -2.20. The van der Waals surface area contributed by atoms with Crippen LogP contribution in [-0.4, -0.2) is 19.6 Å². The quantitative estimate of drug-likeness (QED) is 0.459. The van der Waals surface area contributed by atoms with E-state index < -0.39 is 0 Å². The lowest BCUT2D eigenvalue weighted by Gasteiger charge is -2.07. The minimum atomic E-state index is 0.782. The summed E-state index contributed by atoms with van der Waals surface area (Å²) in [5.74, 6) is 0.782. The number of nitrogens with two attached hydrogens (primary N) is 1. The van der Waals surface area contributed by atoms with E-state index in [9.17, 15) is 0 Å². The first kappa shape index (κ1) is 17.9. The van der Waals surface area contributed by atoms with Gasteiger partial charge in [-0.25, -0.2) is 0 Å². The molecule has 2 heteroatoms. The van der Waals surface area contributed by atoms with Crippen molar-refractivity contribution in [2.45, 2.75) is 78.1 Å². The third kappa shape index (κ3) is 15.9. The molecule has 0 radical (unpaired) electrons. The monoisotopic (exact) mass is 256 g/mol. The summed E-state index contributed by atoms with van der Waals surface area (Å²) in [6, 6.07) is 0. The summed E-state index contributed by atoms with van der Waals surface area (Å²) in [7, 11) is 0. The first-order chi connectivity index (χ1) is 8.77. The Morgan fingerprint density at radius 3 is 1.61 bits per heavy atom. The predicted molar refractivity (Wildman–Crippen MR) is 82.9 cm³/mol. The fraction of sp³-hybridized carbons (Fsp3) is 1.00. The second kappa shape index (κ2) is 15.0. The molecule has 0 aliphatic rings. The molecule has 0 rings (SSSR count). The second-order valence-electron chi connectivity index (χ2n) is 5.92. The SMILES string of the molecule is CC(C)CNCCCCCCCCCCCCN. The maximum Gasteiger partial charge on any atom is -0.00258 e. The van der Waals surface area contributed by atoms with Crippen LogP contribution in [0.2, 0.25) is 0 Å². The van der Waals surface area contributed by atoms with Gasteiger partial charge >= 0.3 is 0 Å². The van der Waals surface area contributed by atoms with Gasteiger partial charge in [-0.1, -0.05) is 65.2 Å². The zero-order chi connectivity index (χ0) is 13.5. The van der Waals surface area contributed by atoms with Crippen molar-refractivity contribution in [1.82, 2.24) is 5.32 Å². The molecular weight excluding hydrogens is 220 g/mol. The molecule has 0 fully saturated rings.